The van der Waals surface area contributed by atoms with Crippen molar-refractivity contribution in [2.45, 2.75) is 13.0 Å². The summed E-state index contributed by atoms with van der Waals surface area (Å²) in [6, 6.07) is 11.0. The van der Waals surface area contributed by atoms with Gasteiger partial charge in [-0.25, -0.2) is 4.98 Å². The average molecular weight is 320 g/mol. The lowest BCUT2D eigenvalue weighted by atomic mass is 10.3. The van der Waals surface area contributed by atoms with Crippen molar-refractivity contribution in [3.05, 3.63) is 67.9 Å². The second-order valence-corrected chi connectivity index (χ2v) is 6.45. The lowest BCUT2D eigenvalue weighted by Crippen LogP contribution is -2.21. The molecule has 0 aliphatic heterocycles. The van der Waals surface area contributed by atoms with E-state index in [2.05, 4.69) is 10.3 Å². The van der Waals surface area contributed by atoms with Crippen LogP contribution in [-0.2, 0) is 13.0 Å². The Morgan fingerprint density at radius 2 is 2.19 bits per heavy atom. The zero-order chi connectivity index (χ0) is 14.7. The van der Waals surface area contributed by atoms with E-state index in [1.165, 1.54) is 9.28 Å². The van der Waals surface area contributed by atoms with Crippen LogP contribution in [0.2, 0.25) is 4.34 Å². The standard InChI is InChI=1S/C15H14ClN3OS/c16-13-5-4-12(21-13)6-7-17-10-11-9-15(20)19-8-2-1-3-14(19)18-11/h1-5,8-9,17H,6-7,10H2. The summed E-state index contributed by atoms with van der Waals surface area (Å²) in [4.78, 5) is 17.7. The number of thiophene rings is 1. The van der Waals surface area contributed by atoms with Gasteiger partial charge in [0.05, 0.1) is 10.0 Å². The molecule has 0 aromatic carbocycles. The van der Waals surface area contributed by atoms with Crippen LogP contribution in [0.15, 0.2) is 47.4 Å². The highest BCUT2D eigenvalue weighted by Gasteiger charge is 2.02. The lowest BCUT2D eigenvalue weighted by Gasteiger charge is -2.05. The molecule has 0 atom stereocenters. The summed E-state index contributed by atoms with van der Waals surface area (Å²) in [5.41, 5.74) is 1.38. The minimum Gasteiger partial charge on any atom is -0.311 e. The fourth-order valence-corrected chi connectivity index (χ4v) is 3.19. The molecule has 0 unspecified atom stereocenters. The minimum atomic E-state index is -0.0533. The molecule has 0 fully saturated rings. The third-order valence-corrected chi connectivity index (χ3v) is 4.40. The Hall–Kier alpha value is -1.69. The molecule has 0 radical (unpaired) electrons. The van der Waals surface area contributed by atoms with E-state index < -0.39 is 0 Å². The van der Waals surface area contributed by atoms with Crippen LogP contribution in [0.3, 0.4) is 0 Å². The van der Waals surface area contributed by atoms with Gasteiger partial charge < -0.3 is 5.32 Å². The zero-order valence-corrected chi connectivity index (χ0v) is 12.8. The van der Waals surface area contributed by atoms with Crippen LogP contribution >= 0.6 is 22.9 Å². The summed E-state index contributed by atoms with van der Waals surface area (Å²) in [6.45, 7) is 1.41. The summed E-state index contributed by atoms with van der Waals surface area (Å²) in [6.07, 6.45) is 2.65. The van der Waals surface area contributed by atoms with Crippen molar-refractivity contribution < 1.29 is 0 Å². The van der Waals surface area contributed by atoms with E-state index in [0.717, 1.165) is 23.0 Å². The van der Waals surface area contributed by atoms with Crippen molar-refractivity contribution >= 4 is 28.6 Å². The summed E-state index contributed by atoms with van der Waals surface area (Å²) in [5.74, 6) is 0. The van der Waals surface area contributed by atoms with Gasteiger partial charge in [-0.1, -0.05) is 17.7 Å². The van der Waals surface area contributed by atoms with Gasteiger partial charge in [-0.05, 0) is 30.7 Å². The summed E-state index contributed by atoms with van der Waals surface area (Å²) in [7, 11) is 0. The van der Waals surface area contributed by atoms with E-state index in [0.29, 0.717) is 12.2 Å². The second-order valence-electron chi connectivity index (χ2n) is 4.65. The van der Waals surface area contributed by atoms with E-state index in [4.69, 9.17) is 11.6 Å². The van der Waals surface area contributed by atoms with E-state index in [1.807, 2.05) is 30.3 Å². The van der Waals surface area contributed by atoms with Crippen LogP contribution < -0.4 is 10.9 Å². The van der Waals surface area contributed by atoms with E-state index >= 15 is 0 Å². The van der Waals surface area contributed by atoms with Crippen LogP contribution in [0.25, 0.3) is 5.65 Å². The van der Waals surface area contributed by atoms with Crippen molar-refractivity contribution in [3.63, 3.8) is 0 Å². The second kappa shape index (κ2) is 6.39. The molecule has 0 saturated heterocycles. The average Bonchev–Trinajstić information content (AvgIpc) is 2.89. The quantitative estimate of drug-likeness (QED) is 0.736. The molecule has 6 heteroatoms. The number of aromatic nitrogens is 2. The zero-order valence-electron chi connectivity index (χ0n) is 11.3. The molecule has 0 aliphatic carbocycles. The smallest absolute Gasteiger partial charge is 0.258 e. The molecule has 0 aliphatic rings. The van der Waals surface area contributed by atoms with Crippen LogP contribution in [-0.4, -0.2) is 15.9 Å². The number of nitrogens with one attached hydrogen (secondary N) is 1. The van der Waals surface area contributed by atoms with E-state index in [1.54, 1.807) is 23.6 Å². The molecule has 4 nitrogen and oxygen atoms in total. The van der Waals surface area contributed by atoms with E-state index in [-0.39, 0.29) is 5.56 Å². The summed E-state index contributed by atoms with van der Waals surface area (Å²) >= 11 is 7.49. The molecule has 0 amide bonds. The first kappa shape index (κ1) is 14.3. The highest BCUT2D eigenvalue weighted by atomic mass is 35.5. The maximum Gasteiger partial charge on any atom is 0.258 e. The lowest BCUT2D eigenvalue weighted by molar-refractivity contribution is 0.676. The number of hydrogen-bond donors (Lipinski definition) is 1. The Balaban J connectivity index is 1.61. The van der Waals surface area contributed by atoms with Gasteiger partial charge in [0.2, 0.25) is 0 Å². The normalized spacial score (nSPS) is 11.1. The predicted octanol–water partition coefficient (Wildman–Crippen LogP) is 2.74. The summed E-state index contributed by atoms with van der Waals surface area (Å²) in [5, 5.41) is 3.30. The maximum atomic E-state index is 11.9. The number of hydrogen-bond acceptors (Lipinski definition) is 4. The van der Waals surface area contributed by atoms with Gasteiger partial charge in [0.15, 0.2) is 0 Å². The van der Waals surface area contributed by atoms with Crippen molar-refractivity contribution in [1.29, 1.82) is 0 Å². The molecule has 0 bridgehead atoms. The third kappa shape index (κ3) is 3.50. The topological polar surface area (TPSA) is 46.4 Å². The number of rotatable bonds is 5. The molecular weight excluding hydrogens is 306 g/mol. The predicted molar refractivity (Wildman–Crippen MR) is 86.2 cm³/mol. The Morgan fingerprint density at radius 1 is 1.29 bits per heavy atom. The Labute approximate surface area is 131 Å². The first-order chi connectivity index (χ1) is 10.2. The molecular formula is C15H14ClN3OS. The molecule has 3 rings (SSSR count). The van der Waals surface area contributed by atoms with Crippen LogP contribution in [0.5, 0.6) is 0 Å². The Morgan fingerprint density at radius 3 is 3.00 bits per heavy atom. The number of nitrogens with zero attached hydrogens (tertiary/aromatic N) is 2. The van der Waals surface area contributed by atoms with Crippen molar-refractivity contribution in [3.8, 4) is 0 Å². The first-order valence-corrected chi connectivity index (χ1v) is 7.84. The number of halogens is 1. The van der Waals surface area contributed by atoms with Gasteiger partial charge in [-0.15, -0.1) is 11.3 Å². The van der Waals surface area contributed by atoms with Crippen LogP contribution in [0.4, 0.5) is 0 Å². The van der Waals surface area contributed by atoms with Gasteiger partial charge in [0.25, 0.3) is 5.56 Å². The SMILES string of the molecule is O=c1cc(CNCCc2ccc(Cl)s2)nc2ccccn12. The molecule has 0 spiro atoms. The van der Waals surface area contributed by atoms with Gasteiger partial charge in [0, 0.05) is 30.2 Å². The third-order valence-electron chi connectivity index (χ3n) is 3.11. The largest absolute Gasteiger partial charge is 0.311 e. The molecule has 108 valence electrons. The maximum absolute atomic E-state index is 11.9. The highest BCUT2D eigenvalue weighted by molar-refractivity contribution is 7.16. The molecule has 21 heavy (non-hydrogen) atoms. The van der Waals surface area contributed by atoms with Crippen molar-refractivity contribution in [1.82, 2.24) is 14.7 Å². The van der Waals surface area contributed by atoms with Crippen molar-refractivity contribution in [2.24, 2.45) is 0 Å². The summed E-state index contributed by atoms with van der Waals surface area (Å²) < 4.78 is 2.35. The first-order valence-electron chi connectivity index (χ1n) is 6.64. The van der Waals surface area contributed by atoms with Gasteiger partial charge in [-0.3, -0.25) is 9.20 Å². The molecule has 0 saturated carbocycles. The van der Waals surface area contributed by atoms with Gasteiger partial charge >= 0.3 is 0 Å². The van der Waals surface area contributed by atoms with Gasteiger partial charge in [0.1, 0.15) is 5.65 Å². The fourth-order valence-electron chi connectivity index (χ4n) is 2.11. The van der Waals surface area contributed by atoms with Crippen LogP contribution in [0, 0.1) is 0 Å². The minimum absolute atomic E-state index is 0.0533. The van der Waals surface area contributed by atoms with Crippen molar-refractivity contribution in [2.75, 3.05) is 6.54 Å². The van der Waals surface area contributed by atoms with Gasteiger partial charge in [-0.2, -0.15) is 0 Å². The molecule has 3 aromatic heterocycles. The highest BCUT2D eigenvalue weighted by Crippen LogP contribution is 2.21. The Bertz CT molecular complexity index is 812. The molecule has 3 aromatic rings. The number of fused-ring (bicyclic) bond motifs is 1. The fraction of sp³-hybridized carbons (Fsp3) is 0.200. The Kier molecular flexibility index (Phi) is 4.34. The van der Waals surface area contributed by atoms with E-state index in [9.17, 15) is 4.79 Å². The van der Waals surface area contributed by atoms with Crippen LogP contribution in [0.1, 0.15) is 10.6 Å². The monoisotopic (exact) mass is 319 g/mol. The molecule has 3 heterocycles. The number of pyridine rings is 1. The molecule has 1 N–H and O–H groups in total.